The zero-order chi connectivity index (χ0) is 16.4. The molecule has 0 radical (unpaired) electrons. The number of aromatic nitrogens is 2. The molecule has 0 atom stereocenters. The second-order valence-corrected chi connectivity index (χ2v) is 7.88. The maximum atomic E-state index is 12.7. The average molecular weight is 340 g/mol. The standard InChI is InChI=1S/C20H24N2OS/c23-20-21-19(24-14-15-8-3-1-4-9-15)17-12-7-13-18(17)22(20)16-10-5-2-6-11-16/h1,3-4,8-9,16H,2,5-7,10-14H2. The average Bonchev–Trinajstić information content (AvgIpc) is 3.11. The molecule has 0 bridgehead atoms. The van der Waals surface area contributed by atoms with Gasteiger partial charge in [-0.1, -0.05) is 49.6 Å². The van der Waals surface area contributed by atoms with E-state index in [1.54, 1.807) is 11.8 Å². The van der Waals surface area contributed by atoms with Crippen LogP contribution in [0.4, 0.5) is 0 Å². The van der Waals surface area contributed by atoms with Crippen molar-refractivity contribution in [3.05, 3.63) is 57.6 Å². The normalized spacial score (nSPS) is 17.8. The Morgan fingerprint density at radius 2 is 1.83 bits per heavy atom. The third-order valence-corrected chi connectivity index (χ3v) is 6.39. The molecule has 126 valence electrons. The molecule has 2 aromatic rings. The van der Waals surface area contributed by atoms with E-state index in [-0.39, 0.29) is 5.69 Å². The van der Waals surface area contributed by atoms with Crippen LogP contribution in [0.3, 0.4) is 0 Å². The Kier molecular flexibility index (Phi) is 4.74. The van der Waals surface area contributed by atoms with Crippen molar-refractivity contribution in [2.75, 3.05) is 0 Å². The summed E-state index contributed by atoms with van der Waals surface area (Å²) in [6, 6.07) is 10.8. The summed E-state index contributed by atoms with van der Waals surface area (Å²) in [4.78, 5) is 17.3. The van der Waals surface area contributed by atoms with Gasteiger partial charge in [0.1, 0.15) is 5.03 Å². The Balaban J connectivity index is 1.63. The maximum Gasteiger partial charge on any atom is 0.349 e. The Morgan fingerprint density at radius 1 is 1.04 bits per heavy atom. The largest absolute Gasteiger partial charge is 0.349 e. The van der Waals surface area contributed by atoms with Crippen LogP contribution in [0.5, 0.6) is 0 Å². The molecular weight excluding hydrogens is 316 g/mol. The zero-order valence-electron chi connectivity index (χ0n) is 14.0. The lowest BCUT2D eigenvalue weighted by atomic mass is 9.95. The first-order valence-electron chi connectivity index (χ1n) is 9.14. The molecule has 1 aromatic heterocycles. The second kappa shape index (κ2) is 7.14. The summed E-state index contributed by atoms with van der Waals surface area (Å²) in [5.41, 5.74) is 3.91. The van der Waals surface area contributed by atoms with Gasteiger partial charge in [-0.25, -0.2) is 4.79 Å². The van der Waals surface area contributed by atoms with Gasteiger partial charge in [-0.15, -0.1) is 11.8 Å². The number of hydrogen-bond donors (Lipinski definition) is 0. The van der Waals surface area contributed by atoms with Crippen molar-refractivity contribution in [1.29, 1.82) is 0 Å². The Hall–Kier alpha value is -1.55. The van der Waals surface area contributed by atoms with Crippen molar-refractivity contribution < 1.29 is 0 Å². The van der Waals surface area contributed by atoms with Crippen LogP contribution in [0.1, 0.15) is 61.4 Å². The van der Waals surface area contributed by atoms with Crippen molar-refractivity contribution in [2.24, 2.45) is 0 Å². The second-order valence-electron chi connectivity index (χ2n) is 6.91. The fraction of sp³-hybridized carbons (Fsp3) is 0.500. The molecule has 0 spiro atoms. The minimum absolute atomic E-state index is 0.0156. The molecule has 0 amide bonds. The zero-order valence-corrected chi connectivity index (χ0v) is 14.9. The highest BCUT2D eigenvalue weighted by Gasteiger charge is 2.26. The van der Waals surface area contributed by atoms with Crippen molar-refractivity contribution in [2.45, 2.75) is 68.2 Å². The van der Waals surface area contributed by atoms with E-state index in [4.69, 9.17) is 0 Å². The number of benzene rings is 1. The van der Waals surface area contributed by atoms with Gasteiger partial charge in [-0.3, -0.25) is 4.57 Å². The molecule has 0 unspecified atom stereocenters. The summed E-state index contributed by atoms with van der Waals surface area (Å²) < 4.78 is 2.06. The van der Waals surface area contributed by atoms with E-state index in [1.807, 2.05) is 6.07 Å². The predicted molar refractivity (Wildman–Crippen MR) is 98.6 cm³/mol. The number of thioether (sulfide) groups is 1. The molecule has 4 heteroatoms. The van der Waals surface area contributed by atoms with Gasteiger partial charge < -0.3 is 0 Å². The lowest BCUT2D eigenvalue weighted by Crippen LogP contribution is -2.31. The quantitative estimate of drug-likeness (QED) is 0.606. The van der Waals surface area contributed by atoms with Crippen LogP contribution < -0.4 is 5.69 Å². The molecule has 0 saturated heterocycles. The van der Waals surface area contributed by atoms with Crippen molar-refractivity contribution >= 4 is 11.8 Å². The lowest BCUT2D eigenvalue weighted by Gasteiger charge is -2.26. The molecule has 24 heavy (non-hydrogen) atoms. The molecule has 2 aliphatic carbocycles. The molecule has 4 rings (SSSR count). The van der Waals surface area contributed by atoms with Gasteiger partial charge in [0.2, 0.25) is 0 Å². The molecule has 1 saturated carbocycles. The SMILES string of the molecule is O=c1nc(SCc2ccccc2)c2c(n1C1CCCCC1)CCC2. The Morgan fingerprint density at radius 3 is 2.62 bits per heavy atom. The summed E-state index contributed by atoms with van der Waals surface area (Å²) in [5.74, 6) is 0.882. The van der Waals surface area contributed by atoms with E-state index in [2.05, 4.69) is 33.8 Å². The topological polar surface area (TPSA) is 34.9 Å². The van der Waals surface area contributed by atoms with E-state index >= 15 is 0 Å². The maximum absolute atomic E-state index is 12.7. The molecule has 0 N–H and O–H groups in total. The van der Waals surface area contributed by atoms with Gasteiger partial charge in [-0.05, 0) is 37.7 Å². The van der Waals surface area contributed by atoms with Gasteiger partial charge in [0, 0.05) is 23.1 Å². The van der Waals surface area contributed by atoms with Crippen molar-refractivity contribution in [3.8, 4) is 0 Å². The van der Waals surface area contributed by atoms with Gasteiger partial charge in [0.25, 0.3) is 0 Å². The molecule has 1 heterocycles. The summed E-state index contributed by atoms with van der Waals surface area (Å²) in [6.07, 6.45) is 9.37. The van der Waals surface area contributed by atoms with E-state index in [9.17, 15) is 4.79 Å². The van der Waals surface area contributed by atoms with Gasteiger partial charge in [-0.2, -0.15) is 4.98 Å². The van der Waals surface area contributed by atoms with Crippen LogP contribution in [0, 0.1) is 0 Å². The molecule has 3 nitrogen and oxygen atoms in total. The highest BCUT2D eigenvalue weighted by Crippen LogP contribution is 2.35. The molecule has 0 aliphatic heterocycles. The third-order valence-electron chi connectivity index (χ3n) is 5.30. The van der Waals surface area contributed by atoms with E-state index < -0.39 is 0 Å². The monoisotopic (exact) mass is 340 g/mol. The van der Waals surface area contributed by atoms with Crippen molar-refractivity contribution in [1.82, 2.24) is 9.55 Å². The molecule has 1 aromatic carbocycles. The lowest BCUT2D eigenvalue weighted by molar-refractivity contribution is 0.334. The predicted octanol–water partition coefficient (Wildman–Crippen LogP) is 4.53. The number of nitrogens with zero attached hydrogens (tertiary/aromatic N) is 2. The van der Waals surface area contributed by atoms with Crippen LogP contribution in [-0.2, 0) is 18.6 Å². The third kappa shape index (κ3) is 3.16. The minimum atomic E-state index is -0.0156. The highest BCUT2D eigenvalue weighted by atomic mass is 32.2. The number of rotatable bonds is 4. The minimum Gasteiger partial charge on any atom is -0.293 e. The van der Waals surface area contributed by atoms with Crippen LogP contribution in [0.2, 0.25) is 0 Å². The first kappa shape index (κ1) is 15.9. The Bertz CT molecular complexity index is 763. The van der Waals surface area contributed by atoms with Crippen LogP contribution >= 0.6 is 11.8 Å². The molecule has 1 fully saturated rings. The smallest absolute Gasteiger partial charge is 0.293 e. The van der Waals surface area contributed by atoms with Crippen LogP contribution in [0.15, 0.2) is 40.2 Å². The Labute approximate surface area is 147 Å². The van der Waals surface area contributed by atoms with Gasteiger partial charge in [0.15, 0.2) is 0 Å². The fourth-order valence-corrected chi connectivity index (χ4v) is 5.14. The van der Waals surface area contributed by atoms with Crippen molar-refractivity contribution in [3.63, 3.8) is 0 Å². The summed E-state index contributed by atoms with van der Waals surface area (Å²) in [6.45, 7) is 0. The van der Waals surface area contributed by atoms with E-state index in [1.165, 1.54) is 36.1 Å². The van der Waals surface area contributed by atoms with Gasteiger partial charge in [0.05, 0.1) is 0 Å². The van der Waals surface area contributed by atoms with Crippen LogP contribution in [0.25, 0.3) is 0 Å². The molecule has 2 aliphatic rings. The summed E-state index contributed by atoms with van der Waals surface area (Å²) >= 11 is 1.72. The summed E-state index contributed by atoms with van der Waals surface area (Å²) in [7, 11) is 0. The first-order chi connectivity index (χ1) is 11.8. The highest BCUT2D eigenvalue weighted by molar-refractivity contribution is 7.98. The number of hydrogen-bond acceptors (Lipinski definition) is 3. The fourth-order valence-electron chi connectivity index (χ4n) is 4.11. The molecular formula is C20H24N2OS. The van der Waals surface area contributed by atoms with Gasteiger partial charge >= 0.3 is 5.69 Å². The first-order valence-corrected chi connectivity index (χ1v) is 10.1. The van der Waals surface area contributed by atoms with E-state index in [0.29, 0.717) is 6.04 Å². The number of fused-ring (bicyclic) bond motifs is 1. The summed E-state index contributed by atoms with van der Waals surface area (Å²) in [5, 5.41) is 0.975. The van der Waals surface area contributed by atoms with E-state index in [0.717, 1.165) is 42.9 Å². The van der Waals surface area contributed by atoms with Crippen LogP contribution in [-0.4, -0.2) is 9.55 Å².